The molecule has 322 valence electrons. The molecule has 0 spiro atoms. The highest BCUT2D eigenvalue weighted by molar-refractivity contribution is 5.72. The number of quaternary nitrogens is 2. The molecule has 4 unspecified atom stereocenters. The van der Waals surface area contributed by atoms with Gasteiger partial charge in [0, 0.05) is 88.2 Å². The number of esters is 4. The van der Waals surface area contributed by atoms with Crippen LogP contribution in [0.2, 0.25) is 0 Å². The fraction of sp³-hybridized carbons (Fsp3) is 0.652. The topological polar surface area (TPSA) is 105 Å². The lowest BCUT2D eigenvalue weighted by Crippen LogP contribution is -3.00. The fourth-order valence-electron chi connectivity index (χ4n) is 10.4. The lowest BCUT2D eigenvalue weighted by atomic mass is 9.95. The van der Waals surface area contributed by atoms with Gasteiger partial charge in [-0.05, 0) is 37.1 Å². The summed E-state index contributed by atoms with van der Waals surface area (Å²) in [6.45, 7) is 5.37. The molecule has 4 saturated heterocycles. The Kier molecular flexibility index (Phi) is 18.3. The van der Waals surface area contributed by atoms with E-state index >= 15 is 0 Å². The van der Waals surface area contributed by atoms with Crippen molar-refractivity contribution in [3.8, 4) is 11.5 Å². The number of fused-ring (bicyclic) bond motifs is 4. The maximum Gasteiger partial charge on any atom is 0.310 e. The van der Waals surface area contributed by atoms with Gasteiger partial charge < -0.3 is 61.9 Å². The minimum Gasteiger partial charge on any atom is -1.00 e. The first-order valence-electron chi connectivity index (χ1n) is 21.6. The number of carbonyl (C=O) groups is 4. The second-order valence-corrected chi connectivity index (χ2v) is 17.5. The normalized spacial score (nSPS) is 28.1. The molecule has 6 rings (SSSR count). The predicted octanol–water partition coefficient (Wildman–Crippen LogP) is 2.51. The Morgan fingerprint density at radius 1 is 0.534 bits per heavy atom. The SMILES string of the molecule is CCC(=O)Oc1cccc(C[N+]2(C)C3CCC2CC(OC(=O)CCCCCCCCC(=O)OC2CC4CCC(C2)[N+]4(C)Cc2cccc(OC(=O)CC)c2)C3)c1.[Br-].[Br-]. The number of hydrogen-bond donors (Lipinski definition) is 0. The Morgan fingerprint density at radius 3 is 1.22 bits per heavy atom. The Morgan fingerprint density at radius 2 is 0.879 bits per heavy atom. The van der Waals surface area contributed by atoms with Crippen LogP contribution in [0.25, 0.3) is 0 Å². The number of ether oxygens (including phenoxy) is 4. The van der Waals surface area contributed by atoms with Crippen LogP contribution in [0.1, 0.15) is 141 Å². The number of piperidine rings is 2. The van der Waals surface area contributed by atoms with Crippen molar-refractivity contribution in [2.24, 2.45) is 0 Å². The quantitative estimate of drug-likeness (QED) is 0.0918. The molecule has 4 heterocycles. The summed E-state index contributed by atoms with van der Waals surface area (Å²) in [5.41, 5.74) is 2.34. The van der Waals surface area contributed by atoms with Gasteiger partial charge in [0.1, 0.15) is 36.8 Å². The van der Waals surface area contributed by atoms with Gasteiger partial charge in [0.2, 0.25) is 0 Å². The van der Waals surface area contributed by atoms with Crippen molar-refractivity contribution >= 4 is 23.9 Å². The molecule has 4 aliphatic heterocycles. The summed E-state index contributed by atoms with van der Waals surface area (Å²) in [5, 5.41) is 0. The molecular formula is C46H66Br2N2O8. The number of halogens is 2. The van der Waals surface area contributed by atoms with E-state index < -0.39 is 0 Å². The van der Waals surface area contributed by atoms with Gasteiger partial charge in [0.15, 0.2) is 0 Å². The van der Waals surface area contributed by atoms with Crippen LogP contribution in [0.4, 0.5) is 0 Å². The van der Waals surface area contributed by atoms with E-state index in [1.807, 2.05) is 36.4 Å². The van der Waals surface area contributed by atoms with Crippen LogP contribution in [0, 0.1) is 0 Å². The maximum atomic E-state index is 12.8. The number of hydrogen-bond acceptors (Lipinski definition) is 8. The minimum atomic E-state index is -0.222. The van der Waals surface area contributed by atoms with E-state index in [2.05, 4.69) is 26.2 Å². The van der Waals surface area contributed by atoms with Gasteiger partial charge in [-0.15, -0.1) is 0 Å². The molecule has 4 fully saturated rings. The van der Waals surface area contributed by atoms with Gasteiger partial charge in [-0.2, -0.15) is 0 Å². The summed E-state index contributed by atoms with van der Waals surface area (Å²) in [6, 6.07) is 17.6. The smallest absolute Gasteiger partial charge is 0.310 e. The van der Waals surface area contributed by atoms with Gasteiger partial charge in [-0.3, -0.25) is 19.2 Å². The van der Waals surface area contributed by atoms with Crippen LogP contribution >= 0.6 is 0 Å². The van der Waals surface area contributed by atoms with Crippen molar-refractivity contribution < 1.29 is 81.1 Å². The van der Waals surface area contributed by atoms with Crippen LogP contribution in [0.15, 0.2) is 48.5 Å². The van der Waals surface area contributed by atoms with Crippen LogP contribution in [0.3, 0.4) is 0 Å². The van der Waals surface area contributed by atoms with E-state index in [1.54, 1.807) is 13.8 Å². The van der Waals surface area contributed by atoms with Crippen LogP contribution in [-0.2, 0) is 41.7 Å². The molecule has 0 N–H and O–H groups in total. The highest BCUT2D eigenvalue weighted by atomic mass is 79.9. The highest BCUT2D eigenvalue weighted by Gasteiger charge is 2.53. The van der Waals surface area contributed by atoms with Crippen molar-refractivity contribution in [2.45, 2.75) is 179 Å². The van der Waals surface area contributed by atoms with Gasteiger partial charge in [0.05, 0.1) is 38.3 Å². The zero-order chi connectivity index (χ0) is 39.7. The molecule has 0 aromatic heterocycles. The standard InChI is InChI=1S/C46H66N2O8.2BrH/c1-5-43(49)53-39-17-13-15-33(25-39)31-47(3)35-21-22-36(47)28-41(27-35)55-45(51)19-11-9-7-8-10-12-20-46(52)56-42-29-37-23-24-38(30-42)48(37,4)32-34-16-14-18-40(26-34)54-44(50)6-2;;/h13-18,25-26,35-38,41-42H,5-12,19-24,27-32H2,1-4H3;2*1H/q+2;;/p-2. The molecule has 4 atom stereocenters. The minimum absolute atomic E-state index is 0. The van der Waals surface area contributed by atoms with Gasteiger partial charge in [0.25, 0.3) is 0 Å². The third-order valence-electron chi connectivity index (χ3n) is 13.6. The Labute approximate surface area is 367 Å². The summed E-state index contributed by atoms with van der Waals surface area (Å²) < 4.78 is 24.9. The number of carbonyl (C=O) groups excluding carboxylic acids is 4. The van der Waals surface area contributed by atoms with E-state index in [0.29, 0.717) is 61.3 Å². The number of nitrogens with zero attached hydrogens (tertiary/aromatic N) is 2. The zero-order valence-electron chi connectivity index (χ0n) is 35.1. The van der Waals surface area contributed by atoms with Gasteiger partial charge >= 0.3 is 23.9 Å². The third-order valence-corrected chi connectivity index (χ3v) is 13.6. The first-order chi connectivity index (χ1) is 27.0. The van der Waals surface area contributed by atoms with Crippen molar-refractivity contribution in [1.29, 1.82) is 0 Å². The van der Waals surface area contributed by atoms with Crippen molar-refractivity contribution in [3.63, 3.8) is 0 Å². The monoisotopic (exact) mass is 932 g/mol. The van der Waals surface area contributed by atoms with E-state index in [9.17, 15) is 19.2 Å². The Balaban J connectivity index is 0.00000372. The van der Waals surface area contributed by atoms with Crippen LogP contribution in [-0.4, -0.2) is 83.3 Å². The number of unbranched alkanes of at least 4 members (excludes halogenated alkanes) is 5. The van der Waals surface area contributed by atoms with Crippen molar-refractivity contribution in [2.75, 3.05) is 14.1 Å². The molecule has 0 saturated carbocycles. The average Bonchev–Trinajstić information content (AvgIpc) is 3.39. The summed E-state index contributed by atoms with van der Waals surface area (Å²) in [5.74, 6) is 0.631. The summed E-state index contributed by atoms with van der Waals surface area (Å²) in [7, 11) is 4.67. The largest absolute Gasteiger partial charge is 1.00 e. The van der Waals surface area contributed by atoms with E-state index in [1.165, 1.54) is 11.1 Å². The maximum absolute atomic E-state index is 12.8. The fourth-order valence-corrected chi connectivity index (χ4v) is 10.4. The van der Waals surface area contributed by atoms with E-state index in [4.69, 9.17) is 18.9 Å². The van der Waals surface area contributed by atoms with Gasteiger partial charge in [-0.1, -0.05) is 63.8 Å². The molecule has 0 radical (unpaired) electrons. The second kappa shape index (κ2) is 22.2. The van der Waals surface area contributed by atoms with Gasteiger partial charge in [-0.25, -0.2) is 0 Å². The lowest BCUT2D eigenvalue weighted by Gasteiger charge is -2.47. The molecular weight excluding hydrogens is 868 g/mol. The van der Waals surface area contributed by atoms with Crippen molar-refractivity contribution in [1.82, 2.24) is 0 Å². The molecule has 2 aromatic carbocycles. The molecule has 4 bridgehead atoms. The lowest BCUT2D eigenvalue weighted by molar-refractivity contribution is -0.961. The van der Waals surface area contributed by atoms with Crippen molar-refractivity contribution in [3.05, 3.63) is 59.7 Å². The molecule has 4 aliphatic rings. The molecule has 0 amide bonds. The first kappa shape index (κ1) is 47.9. The highest BCUT2D eigenvalue weighted by Crippen LogP contribution is 2.45. The van der Waals surface area contributed by atoms with Crippen LogP contribution in [0.5, 0.6) is 11.5 Å². The molecule has 12 heteroatoms. The molecule has 58 heavy (non-hydrogen) atoms. The predicted molar refractivity (Wildman–Crippen MR) is 213 cm³/mol. The Bertz CT molecular complexity index is 1540. The summed E-state index contributed by atoms with van der Waals surface area (Å²) in [4.78, 5) is 49.2. The summed E-state index contributed by atoms with van der Waals surface area (Å²) >= 11 is 0. The molecule has 2 aromatic rings. The Hall–Kier alpha value is -2.80. The summed E-state index contributed by atoms with van der Waals surface area (Å²) in [6.07, 6.45) is 15.6. The first-order valence-corrected chi connectivity index (χ1v) is 21.6. The third kappa shape index (κ3) is 12.4. The molecule has 10 nitrogen and oxygen atoms in total. The van der Waals surface area contributed by atoms with E-state index in [-0.39, 0.29) is 70.0 Å². The molecule has 0 aliphatic carbocycles. The zero-order valence-corrected chi connectivity index (χ0v) is 38.3. The van der Waals surface area contributed by atoms with Crippen LogP contribution < -0.4 is 43.4 Å². The second-order valence-electron chi connectivity index (χ2n) is 17.5. The number of rotatable bonds is 19. The van der Waals surface area contributed by atoms with E-state index in [0.717, 1.165) is 112 Å². The number of benzene rings is 2. The average molecular weight is 935 g/mol.